The highest BCUT2D eigenvalue weighted by Gasteiger charge is 2.60. The Morgan fingerprint density at radius 3 is 2.56 bits per heavy atom. The lowest BCUT2D eigenvalue weighted by molar-refractivity contribution is -0.118. The number of fused-ring (bicyclic) bond motifs is 5. The molecule has 178 valence electrons. The summed E-state index contributed by atoms with van der Waals surface area (Å²) in [5.41, 5.74) is 0.595. The van der Waals surface area contributed by atoms with Gasteiger partial charge >= 0.3 is 0 Å². The Balaban J connectivity index is 1.33. The number of Topliss-reactive ketones (excluding diaryl/α,β-unsaturated/α-hetero) is 1. The van der Waals surface area contributed by atoms with E-state index in [0.717, 1.165) is 36.0 Å². The van der Waals surface area contributed by atoms with E-state index in [1.807, 2.05) is 6.92 Å². The highest BCUT2D eigenvalue weighted by Crippen LogP contribution is 2.66. The molecule has 0 radical (unpaired) electrons. The van der Waals surface area contributed by atoms with Crippen molar-refractivity contribution in [3.05, 3.63) is 18.0 Å². The molecule has 1 N–H and O–H groups in total. The van der Waals surface area contributed by atoms with Gasteiger partial charge in [-0.25, -0.2) is 0 Å². The molecular weight excluding hydrogens is 396 g/mol. The van der Waals surface area contributed by atoms with E-state index in [0.29, 0.717) is 23.4 Å². The first-order chi connectivity index (χ1) is 15.0. The topological polar surface area (TPSA) is 55.1 Å². The van der Waals surface area contributed by atoms with Crippen molar-refractivity contribution in [3.8, 4) is 0 Å². The van der Waals surface area contributed by atoms with Gasteiger partial charge in [0.1, 0.15) is 0 Å². The summed E-state index contributed by atoms with van der Waals surface area (Å²) >= 11 is 0. The maximum atomic E-state index is 11.7. The summed E-state index contributed by atoms with van der Waals surface area (Å²) in [6, 6.07) is 0. The molecule has 0 saturated heterocycles. The minimum atomic E-state index is -0.803. The lowest BCUT2D eigenvalue weighted by Gasteiger charge is -2.58. The molecule has 0 aromatic carbocycles. The van der Waals surface area contributed by atoms with Gasteiger partial charge < -0.3 is 5.11 Å². The first-order valence-corrected chi connectivity index (χ1v) is 13.3. The number of nitrogens with zero attached hydrogens (tertiary/aromatic N) is 2. The number of hydrogen-bond acceptors (Lipinski definition) is 3. The van der Waals surface area contributed by atoms with Gasteiger partial charge in [-0.3, -0.25) is 9.48 Å². The Morgan fingerprint density at radius 2 is 1.84 bits per heavy atom. The summed E-state index contributed by atoms with van der Waals surface area (Å²) in [5, 5.41) is 16.1. The third-order valence-corrected chi connectivity index (χ3v) is 10.8. The van der Waals surface area contributed by atoms with Crippen molar-refractivity contribution in [3.63, 3.8) is 0 Å². The molecule has 4 fully saturated rings. The molecule has 8 atom stereocenters. The van der Waals surface area contributed by atoms with E-state index >= 15 is 0 Å². The lowest BCUT2D eigenvalue weighted by atomic mass is 9.47. The predicted octanol–water partition coefficient (Wildman–Crippen LogP) is 6.13. The van der Waals surface area contributed by atoms with Crippen LogP contribution in [0.1, 0.15) is 103 Å². The van der Waals surface area contributed by atoms with E-state index in [4.69, 9.17) is 0 Å². The smallest absolute Gasteiger partial charge is 0.162 e. The van der Waals surface area contributed by atoms with Crippen molar-refractivity contribution in [1.82, 2.24) is 9.78 Å². The Morgan fingerprint density at radius 1 is 1.09 bits per heavy atom. The molecule has 5 rings (SSSR count). The molecule has 4 aliphatic rings. The summed E-state index contributed by atoms with van der Waals surface area (Å²) in [4.78, 5) is 11.7. The monoisotopic (exact) mass is 440 g/mol. The van der Waals surface area contributed by atoms with Crippen LogP contribution in [0.2, 0.25) is 0 Å². The Kier molecular flexibility index (Phi) is 5.43. The largest absolute Gasteiger partial charge is 0.388 e. The van der Waals surface area contributed by atoms with Crippen LogP contribution >= 0.6 is 0 Å². The third kappa shape index (κ3) is 3.69. The summed E-state index contributed by atoms with van der Waals surface area (Å²) in [6.45, 7) is 11.5. The van der Waals surface area contributed by atoms with E-state index < -0.39 is 5.60 Å². The molecule has 0 aliphatic heterocycles. The van der Waals surface area contributed by atoms with Gasteiger partial charge in [-0.1, -0.05) is 20.8 Å². The first kappa shape index (κ1) is 22.6. The molecule has 0 amide bonds. The van der Waals surface area contributed by atoms with Gasteiger partial charge in [0.2, 0.25) is 0 Å². The van der Waals surface area contributed by atoms with Gasteiger partial charge in [0.15, 0.2) is 5.78 Å². The molecule has 4 saturated carbocycles. The van der Waals surface area contributed by atoms with Gasteiger partial charge in [-0.15, -0.1) is 0 Å². The van der Waals surface area contributed by atoms with Crippen LogP contribution in [0.15, 0.2) is 12.4 Å². The zero-order valence-electron chi connectivity index (χ0n) is 20.9. The molecule has 4 nitrogen and oxygen atoms in total. The zero-order chi connectivity index (χ0) is 22.9. The molecular formula is C28H44N2O2. The molecule has 0 bridgehead atoms. The maximum absolute atomic E-state index is 11.7. The van der Waals surface area contributed by atoms with Crippen molar-refractivity contribution in [2.45, 2.75) is 105 Å². The Labute approximate surface area is 194 Å². The number of aliphatic hydroxyl groups is 1. The molecule has 1 aromatic rings. The fraction of sp³-hybridized carbons (Fsp3) is 0.857. The highest BCUT2D eigenvalue weighted by molar-refractivity contribution is 5.93. The molecule has 1 heterocycles. The second kappa shape index (κ2) is 7.68. The van der Waals surface area contributed by atoms with Crippen LogP contribution in [-0.2, 0) is 6.54 Å². The fourth-order valence-electron chi connectivity index (χ4n) is 9.40. The Hall–Kier alpha value is -1.16. The minimum absolute atomic E-state index is 0.0313. The second-order valence-electron chi connectivity index (χ2n) is 13.4. The lowest BCUT2D eigenvalue weighted by Crippen LogP contribution is -2.53. The van der Waals surface area contributed by atoms with Crippen molar-refractivity contribution in [2.75, 3.05) is 0 Å². The number of carbonyl (C=O) groups excluding carboxylic acids is 1. The molecule has 32 heavy (non-hydrogen) atoms. The summed E-state index contributed by atoms with van der Waals surface area (Å²) < 4.78 is 1.79. The van der Waals surface area contributed by atoms with Crippen molar-refractivity contribution >= 4 is 5.78 Å². The predicted molar refractivity (Wildman–Crippen MR) is 127 cm³/mol. The summed E-state index contributed by atoms with van der Waals surface area (Å²) in [7, 11) is 0. The Bertz CT molecular complexity index is 871. The zero-order valence-corrected chi connectivity index (χ0v) is 20.9. The summed E-state index contributed by atoms with van der Waals surface area (Å²) in [6.07, 6.45) is 15.6. The van der Waals surface area contributed by atoms with Gasteiger partial charge in [0, 0.05) is 6.20 Å². The van der Waals surface area contributed by atoms with Crippen LogP contribution in [0.4, 0.5) is 0 Å². The van der Waals surface area contributed by atoms with Gasteiger partial charge in [0.05, 0.1) is 23.9 Å². The van der Waals surface area contributed by atoms with E-state index in [2.05, 4.69) is 25.9 Å². The van der Waals surface area contributed by atoms with Gasteiger partial charge in [-0.05, 0) is 118 Å². The SMILES string of the molecule is CC(=O)c1cnn(C[C@@](C)(O)[C@H]2CC[C@H]3[C@@H]4CC[C@@H]5CC(C)(C)CC[C@@H]5[C@H]4CC[C@@]32C)c1. The third-order valence-electron chi connectivity index (χ3n) is 10.8. The highest BCUT2D eigenvalue weighted by atomic mass is 16.3. The molecule has 4 aliphatic carbocycles. The van der Waals surface area contributed by atoms with E-state index in [9.17, 15) is 9.90 Å². The second-order valence-corrected chi connectivity index (χ2v) is 13.4. The number of carbonyl (C=O) groups is 1. The molecule has 4 heteroatoms. The van der Waals surface area contributed by atoms with Crippen LogP contribution in [0.25, 0.3) is 0 Å². The average Bonchev–Trinajstić information content (AvgIpc) is 3.30. The van der Waals surface area contributed by atoms with Crippen molar-refractivity contribution in [1.29, 1.82) is 0 Å². The van der Waals surface area contributed by atoms with Crippen LogP contribution < -0.4 is 0 Å². The van der Waals surface area contributed by atoms with E-state index in [1.54, 1.807) is 24.0 Å². The molecule has 0 unspecified atom stereocenters. The first-order valence-electron chi connectivity index (χ1n) is 13.3. The van der Waals surface area contributed by atoms with E-state index in [-0.39, 0.29) is 11.2 Å². The number of rotatable bonds is 4. The van der Waals surface area contributed by atoms with Crippen LogP contribution in [0, 0.1) is 46.3 Å². The average molecular weight is 441 g/mol. The summed E-state index contributed by atoms with van der Waals surface area (Å²) in [5.74, 6) is 4.80. The molecule has 1 aromatic heterocycles. The van der Waals surface area contributed by atoms with Crippen LogP contribution in [0.3, 0.4) is 0 Å². The van der Waals surface area contributed by atoms with Crippen molar-refractivity contribution < 1.29 is 9.90 Å². The molecule has 0 spiro atoms. The van der Waals surface area contributed by atoms with Crippen molar-refractivity contribution in [2.24, 2.45) is 46.3 Å². The number of aromatic nitrogens is 2. The van der Waals surface area contributed by atoms with E-state index in [1.165, 1.54) is 51.4 Å². The normalized spacial score (nSPS) is 42.4. The van der Waals surface area contributed by atoms with Crippen LogP contribution in [0.5, 0.6) is 0 Å². The van der Waals surface area contributed by atoms with Gasteiger partial charge in [-0.2, -0.15) is 5.10 Å². The van der Waals surface area contributed by atoms with Gasteiger partial charge in [0.25, 0.3) is 0 Å². The number of ketones is 1. The number of hydrogen-bond donors (Lipinski definition) is 1. The quantitative estimate of drug-likeness (QED) is 0.573. The maximum Gasteiger partial charge on any atom is 0.162 e. The van der Waals surface area contributed by atoms with Crippen LogP contribution in [-0.4, -0.2) is 26.3 Å². The standard InChI is InChI=1S/C28H44N2O2/c1-18(31)20-15-29-30(16-20)17-28(5,32)25-9-8-24-23-7-6-19-14-26(2,3)12-10-21(19)22(23)11-13-27(24,25)4/h15-16,19,21-25,32H,6-14,17H2,1-5H3/t19-,21+,22-,23-,24+,25+,27+,28-/m1/s1. The minimum Gasteiger partial charge on any atom is -0.388 e. The fourth-order valence-corrected chi connectivity index (χ4v) is 9.40.